The highest BCUT2D eigenvalue weighted by Gasteiger charge is 2.17. The zero-order valence-electron chi connectivity index (χ0n) is 15.3. The zero-order chi connectivity index (χ0) is 18.8. The Balaban J connectivity index is 1.64. The Labute approximate surface area is 157 Å². The maximum atomic E-state index is 12.8. The van der Waals surface area contributed by atoms with Gasteiger partial charge in [-0.1, -0.05) is 60.7 Å². The van der Waals surface area contributed by atoms with Gasteiger partial charge in [0.2, 0.25) is 0 Å². The van der Waals surface area contributed by atoms with Crippen LogP contribution in [0.1, 0.15) is 34.6 Å². The normalized spacial score (nSPS) is 12.1. The molecule has 134 valence electrons. The molecule has 0 radical (unpaired) electrons. The molecule has 0 aliphatic carbocycles. The lowest BCUT2D eigenvalue weighted by molar-refractivity contribution is 0.0938. The first-order valence-corrected chi connectivity index (χ1v) is 8.90. The SMILES string of the molecule is Cc1c(C(=O)N[C@@H](C)c2ccccc2)cnc2cc(-c3ccccc3)nn12. The van der Waals surface area contributed by atoms with Crippen LogP contribution in [0.15, 0.2) is 72.9 Å². The van der Waals surface area contributed by atoms with Crippen LogP contribution < -0.4 is 5.32 Å². The van der Waals surface area contributed by atoms with Crippen molar-refractivity contribution >= 4 is 11.6 Å². The third-order valence-corrected chi connectivity index (χ3v) is 4.69. The number of hydrogen-bond donors (Lipinski definition) is 1. The van der Waals surface area contributed by atoms with Gasteiger partial charge in [0.1, 0.15) is 0 Å². The summed E-state index contributed by atoms with van der Waals surface area (Å²) < 4.78 is 1.73. The van der Waals surface area contributed by atoms with Gasteiger partial charge in [0, 0.05) is 17.8 Å². The minimum absolute atomic E-state index is 0.0914. The van der Waals surface area contributed by atoms with E-state index in [1.165, 1.54) is 0 Å². The fraction of sp³-hybridized carbons (Fsp3) is 0.136. The van der Waals surface area contributed by atoms with Crippen molar-refractivity contribution in [3.63, 3.8) is 0 Å². The molecule has 0 aliphatic heterocycles. The fourth-order valence-corrected chi connectivity index (χ4v) is 3.12. The van der Waals surface area contributed by atoms with Crippen molar-refractivity contribution in [3.8, 4) is 11.3 Å². The van der Waals surface area contributed by atoms with Crippen molar-refractivity contribution in [3.05, 3.63) is 89.7 Å². The van der Waals surface area contributed by atoms with Gasteiger partial charge in [0.25, 0.3) is 5.91 Å². The average Bonchev–Trinajstić information content (AvgIpc) is 3.15. The van der Waals surface area contributed by atoms with Crippen LogP contribution in [0.2, 0.25) is 0 Å². The van der Waals surface area contributed by atoms with Gasteiger partial charge < -0.3 is 5.32 Å². The van der Waals surface area contributed by atoms with E-state index in [1.807, 2.05) is 80.6 Å². The highest BCUT2D eigenvalue weighted by atomic mass is 16.1. The average molecular weight is 356 g/mol. The quantitative estimate of drug-likeness (QED) is 0.596. The summed E-state index contributed by atoms with van der Waals surface area (Å²) in [6.07, 6.45) is 1.62. The van der Waals surface area contributed by atoms with Gasteiger partial charge in [0.05, 0.1) is 23.0 Å². The third kappa shape index (κ3) is 3.31. The minimum Gasteiger partial charge on any atom is -0.345 e. The lowest BCUT2D eigenvalue weighted by Gasteiger charge is -2.15. The van der Waals surface area contributed by atoms with Crippen LogP contribution in [0.4, 0.5) is 0 Å². The van der Waals surface area contributed by atoms with E-state index in [0.717, 1.165) is 28.2 Å². The number of amides is 1. The topological polar surface area (TPSA) is 59.3 Å². The number of hydrogen-bond acceptors (Lipinski definition) is 3. The number of fused-ring (bicyclic) bond motifs is 1. The van der Waals surface area contributed by atoms with Crippen molar-refractivity contribution in [2.45, 2.75) is 19.9 Å². The summed E-state index contributed by atoms with van der Waals surface area (Å²) in [5, 5.41) is 7.67. The number of carbonyl (C=O) groups excluding carboxylic acids is 1. The van der Waals surface area contributed by atoms with Gasteiger partial charge in [-0.25, -0.2) is 9.50 Å². The number of nitrogens with zero attached hydrogens (tertiary/aromatic N) is 3. The van der Waals surface area contributed by atoms with Crippen LogP contribution >= 0.6 is 0 Å². The molecule has 1 N–H and O–H groups in total. The maximum absolute atomic E-state index is 12.8. The molecular weight excluding hydrogens is 336 g/mol. The molecule has 5 nitrogen and oxygen atoms in total. The molecule has 1 amide bonds. The van der Waals surface area contributed by atoms with Gasteiger partial charge in [0.15, 0.2) is 5.65 Å². The maximum Gasteiger partial charge on any atom is 0.255 e. The molecule has 2 aromatic heterocycles. The fourth-order valence-electron chi connectivity index (χ4n) is 3.12. The van der Waals surface area contributed by atoms with Crippen molar-refractivity contribution in [2.24, 2.45) is 0 Å². The van der Waals surface area contributed by atoms with Crippen LogP contribution in [0.5, 0.6) is 0 Å². The van der Waals surface area contributed by atoms with Crippen molar-refractivity contribution in [1.29, 1.82) is 0 Å². The summed E-state index contributed by atoms with van der Waals surface area (Å²) >= 11 is 0. The first-order chi connectivity index (χ1) is 13.1. The monoisotopic (exact) mass is 356 g/mol. The molecule has 0 bridgehead atoms. The summed E-state index contributed by atoms with van der Waals surface area (Å²) in [6, 6.07) is 21.7. The number of nitrogens with one attached hydrogen (secondary N) is 1. The largest absolute Gasteiger partial charge is 0.345 e. The molecule has 0 saturated heterocycles. The van der Waals surface area contributed by atoms with Crippen molar-refractivity contribution in [2.75, 3.05) is 0 Å². The molecule has 0 unspecified atom stereocenters. The molecule has 5 heteroatoms. The Morgan fingerprint density at radius 3 is 2.41 bits per heavy atom. The van der Waals surface area contributed by atoms with Crippen molar-refractivity contribution in [1.82, 2.24) is 19.9 Å². The number of benzene rings is 2. The second-order valence-electron chi connectivity index (χ2n) is 6.53. The van der Waals surface area contributed by atoms with E-state index < -0.39 is 0 Å². The lowest BCUT2D eigenvalue weighted by Crippen LogP contribution is -2.28. The van der Waals surface area contributed by atoms with Gasteiger partial charge in [-0.2, -0.15) is 5.10 Å². The van der Waals surface area contributed by atoms with Gasteiger partial charge in [-0.15, -0.1) is 0 Å². The zero-order valence-corrected chi connectivity index (χ0v) is 15.3. The number of aromatic nitrogens is 3. The minimum atomic E-state index is -0.157. The third-order valence-electron chi connectivity index (χ3n) is 4.69. The molecule has 27 heavy (non-hydrogen) atoms. The molecule has 0 spiro atoms. The van der Waals surface area contributed by atoms with E-state index in [0.29, 0.717) is 5.56 Å². The number of rotatable bonds is 4. The molecular formula is C22H20N4O. The van der Waals surface area contributed by atoms with E-state index >= 15 is 0 Å². The highest BCUT2D eigenvalue weighted by molar-refractivity contribution is 5.95. The lowest BCUT2D eigenvalue weighted by atomic mass is 10.1. The Kier molecular flexibility index (Phi) is 4.42. The van der Waals surface area contributed by atoms with E-state index in [9.17, 15) is 4.79 Å². The molecule has 1 atom stereocenters. The molecule has 2 aromatic carbocycles. The second-order valence-corrected chi connectivity index (χ2v) is 6.53. The molecule has 2 heterocycles. The predicted molar refractivity (Wildman–Crippen MR) is 105 cm³/mol. The molecule has 4 rings (SSSR count). The first-order valence-electron chi connectivity index (χ1n) is 8.90. The Morgan fingerprint density at radius 2 is 1.70 bits per heavy atom. The first kappa shape index (κ1) is 17.0. The Morgan fingerprint density at radius 1 is 1.04 bits per heavy atom. The standard InChI is InChI=1S/C22H20N4O/c1-15(17-9-5-3-6-10-17)24-22(27)19-14-23-21-13-20(25-26(21)16(19)2)18-11-7-4-8-12-18/h3-15H,1-2H3,(H,24,27)/t15-/m0/s1. The summed E-state index contributed by atoms with van der Waals surface area (Å²) in [7, 11) is 0. The van der Waals surface area contributed by atoms with E-state index in [2.05, 4.69) is 15.4 Å². The van der Waals surface area contributed by atoms with Crippen LogP contribution in [-0.2, 0) is 0 Å². The number of aryl methyl sites for hydroxylation is 1. The summed E-state index contributed by atoms with van der Waals surface area (Å²) in [4.78, 5) is 17.2. The smallest absolute Gasteiger partial charge is 0.255 e. The van der Waals surface area contributed by atoms with Crippen LogP contribution in [-0.4, -0.2) is 20.5 Å². The summed E-state index contributed by atoms with van der Waals surface area (Å²) in [5.74, 6) is -0.157. The van der Waals surface area contributed by atoms with Crippen LogP contribution in [0.3, 0.4) is 0 Å². The molecule has 0 fully saturated rings. The van der Waals surface area contributed by atoms with E-state index in [4.69, 9.17) is 0 Å². The molecule has 0 saturated carbocycles. The van der Waals surface area contributed by atoms with E-state index in [-0.39, 0.29) is 11.9 Å². The van der Waals surface area contributed by atoms with Gasteiger partial charge in [-0.05, 0) is 19.4 Å². The van der Waals surface area contributed by atoms with Crippen LogP contribution in [0.25, 0.3) is 16.9 Å². The highest BCUT2D eigenvalue weighted by Crippen LogP contribution is 2.21. The Hall–Kier alpha value is -3.47. The number of carbonyl (C=O) groups is 1. The molecule has 4 aromatic rings. The van der Waals surface area contributed by atoms with Crippen LogP contribution in [0, 0.1) is 6.92 Å². The predicted octanol–water partition coefficient (Wildman–Crippen LogP) is 4.20. The van der Waals surface area contributed by atoms with Crippen molar-refractivity contribution < 1.29 is 4.79 Å². The Bertz CT molecular complexity index is 1090. The summed E-state index contributed by atoms with van der Waals surface area (Å²) in [5.41, 5.74) is 4.92. The summed E-state index contributed by atoms with van der Waals surface area (Å²) in [6.45, 7) is 3.86. The molecule has 0 aliphatic rings. The van der Waals surface area contributed by atoms with E-state index in [1.54, 1.807) is 10.7 Å². The second kappa shape index (κ2) is 7.03. The van der Waals surface area contributed by atoms with Gasteiger partial charge >= 0.3 is 0 Å². The van der Waals surface area contributed by atoms with Gasteiger partial charge in [-0.3, -0.25) is 4.79 Å².